The first-order valence-electron chi connectivity index (χ1n) is 5.22. The summed E-state index contributed by atoms with van der Waals surface area (Å²) < 4.78 is 27.5. The van der Waals surface area contributed by atoms with E-state index in [9.17, 15) is 8.42 Å². The number of aromatic nitrogens is 1. The number of hydrogen-bond donors (Lipinski definition) is 1. The van der Waals surface area contributed by atoms with Crippen molar-refractivity contribution in [2.45, 2.75) is 10.6 Å². The van der Waals surface area contributed by atoms with Crippen LogP contribution in [-0.4, -0.2) is 19.9 Å². The van der Waals surface area contributed by atoms with Gasteiger partial charge in [-0.1, -0.05) is 6.07 Å². The highest BCUT2D eigenvalue weighted by Gasteiger charge is 2.15. The minimum atomic E-state index is -3.39. The fourth-order valence-corrected chi connectivity index (χ4v) is 4.48. The smallest absolute Gasteiger partial charge is 0.250 e. The Morgan fingerprint density at radius 1 is 1.33 bits per heavy atom. The van der Waals surface area contributed by atoms with Crippen LogP contribution in [0.2, 0.25) is 0 Å². The van der Waals surface area contributed by atoms with Crippen molar-refractivity contribution in [3.05, 3.63) is 46.0 Å². The van der Waals surface area contributed by atoms with Gasteiger partial charge in [-0.25, -0.2) is 13.1 Å². The molecule has 2 aromatic heterocycles. The summed E-state index contributed by atoms with van der Waals surface area (Å²) in [4.78, 5) is 3.98. The summed E-state index contributed by atoms with van der Waals surface area (Å²) in [6.45, 7) is 0.365. The number of hydrogen-bond acceptors (Lipinski definition) is 4. The van der Waals surface area contributed by atoms with E-state index in [-0.39, 0.29) is 0 Å². The molecule has 4 nitrogen and oxygen atoms in total. The van der Waals surface area contributed by atoms with Crippen LogP contribution in [0.25, 0.3) is 0 Å². The predicted molar refractivity (Wildman–Crippen MR) is 75.1 cm³/mol. The molecule has 0 radical (unpaired) electrons. The van der Waals surface area contributed by atoms with E-state index >= 15 is 0 Å². The van der Waals surface area contributed by atoms with Crippen LogP contribution in [0.4, 0.5) is 0 Å². The molecule has 0 bridgehead atoms. The van der Waals surface area contributed by atoms with Gasteiger partial charge in [0.25, 0.3) is 0 Å². The Labute approximate surface area is 118 Å². The summed E-state index contributed by atoms with van der Waals surface area (Å²) >= 11 is 4.44. The fourth-order valence-electron chi connectivity index (χ4n) is 1.39. The SMILES string of the molecule is O=S(=O)(NCCc1cccnc1)c1ccc(Br)s1. The third-order valence-electron chi connectivity index (χ3n) is 2.24. The van der Waals surface area contributed by atoms with Gasteiger partial charge in [-0.3, -0.25) is 4.98 Å². The molecule has 0 atom stereocenters. The van der Waals surface area contributed by atoms with E-state index in [1.54, 1.807) is 24.5 Å². The van der Waals surface area contributed by atoms with E-state index in [1.165, 1.54) is 11.3 Å². The van der Waals surface area contributed by atoms with E-state index in [1.807, 2.05) is 12.1 Å². The Bertz CT molecular complexity index is 611. The molecule has 2 aromatic rings. The van der Waals surface area contributed by atoms with Gasteiger partial charge >= 0.3 is 0 Å². The summed E-state index contributed by atoms with van der Waals surface area (Å²) in [6, 6.07) is 7.06. The Morgan fingerprint density at radius 2 is 2.17 bits per heavy atom. The largest absolute Gasteiger partial charge is 0.264 e. The Kier molecular flexibility index (Phi) is 4.50. The van der Waals surface area contributed by atoms with Gasteiger partial charge in [0.15, 0.2) is 0 Å². The Hall–Kier alpha value is -0.760. The first kappa shape index (κ1) is 13.7. The summed E-state index contributed by atoms with van der Waals surface area (Å²) in [7, 11) is -3.39. The van der Waals surface area contributed by atoms with Crippen LogP contribution < -0.4 is 4.72 Å². The molecule has 0 saturated carbocycles. The molecule has 0 aromatic carbocycles. The van der Waals surface area contributed by atoms with Crippen LogP contribution >= 0.6 is 27.3 Å². The second-order valence-electron chi connectivity index (χ2n) is 3.57. The lowest BCUT2D eigenvalue weighted by Crippen LogP contribution is -2.25. The highest BCUT2D eigenvalue weighted by atomic mass is 79.9. The second-order valence-corrected chi connectivity index (χ2v) is 8.02. The zero-order valence-corrected chi connectivity index (χ0v) is 12.6. The summed E-state index contributed by atoms with van der Waals surface area (Å²) in [5.41, 5.74) is 1.01. The number of halogens is 1. The minimum absolute atomic E-state index is 0.320. The minimum Gasteiger partial charge on any atom is -0.264 e. The van der Waals surface area contributed by atoms with Crippen molar-refractivity contribution in [3.63, 3.8) is 0 Å². The van der Waals surface area contributed by atoms with Crippen LogP contribution in [-0.2, 0) is 16.4 Å². The maximum Gasteiger partial charge on any atom is 0.250 e. The average molecular weight is 347 g/mol. The van der Waals surface area contributed by atoms with Crippen LogP contribution in [0.15, 0.2) is 44.7 Å². The van der Waals surface area contributed by atoms with Crippen LogP contribution in [0, 0.1) is 0 Å². The molecule has 0 aliphatic heterocycles. The van der Waals surface area contributed by atoms with E-state index < -0.39 is 10.0 Å². The predicted octanol–water partition coefficient (Wildman–Crippen LogP) is 2.43. The third-order valence-corrected chi connectivity index (χ3v) is 5.82. The van der Waals surface area contributed by atoms with Gasteiger partial charge in [-0.05, 0) is 46.1 Å². The maximum atomic E-state index is 11.9. The molecular formula is C11H11BrN2O2S2. The monoisotopic (exact) mass is 346 g/mol. The van der Waals surface area contributed by atoms with E-state index in [2.05, 4.69) is 25.6 Å². The van der Waals surface area contributed by atoms with E-state index in [4.69, 9.17) is 0 Å². The highest BCUT2D eigenvalue weighted by Crippen LogP contribution is 2.25. The molecule has 0 aliphatic carbocycles. The summed E-state index contributed by atoms with van der Waals surface area (Å²) in [5, 5.41) is 0. The van der Waals surface area contributed by atoms with Crippen molar-refractivity contribution >= 4 is 37.3 Å². The first-order chi connectivity index (χ1) is 8.58. The van der Waals surface area contributed by atoms with Crippen molar-refractivity contribution < 1.29 is 8.42 Å². The summed E-state index contributed by atoms with van der Waals surface area (Å²) in [5.74, 6) is 0. The lowest BCUT2D eigenvalue weighted by molar-refractivity contribution is 0.583. The van der Waals surface area contributed by atoms with Gasteiger partial charge in [0.05, 0.1) is 3.79 Å². The molecule has 96 valence electrons. The van der Waals surface area contributed by atoms with Gasteiger partial charge in [0, 0.05) is 18.9 Å². The maximum absolute atomic E-state index is 11.9. The standard InChI is InChI=1S/C11H11BrN2O2S2/c12-10-3-4-11(17-10)18(15,16)14-7-5-9-2-1-6-13-8-9/h1-4,6,8,14H,5,7H2. The van der Waals surface area contributed by atoms with Gasteiger partial charge in [0.1, 0.15) is 4.21 Å². The van der Waals surface area contributed by atoms with Crippen molar-refractivity contribution in [1.82, 2.24) is 9.71 Å². The zero-order chi connectivity index (χ0) is 13.0. The first-order valence-corrected chi connectivity index (χ1v) is 8.31. The molecule has 0 fully saturated rings. The number of rotatable bonds is 5. The Morgan fingerprint density at radius 3 is 2.78 bits per heavy atom. The lowest BCUT2D eigenvalue weighted by atomic mass is 10.2. The van der Waals surface area contributed by atoms with Crippen LogP contribution in [0.1, 0.15) is 5.56 Å². The van der Waals surface area contributed by atoms with Crippen molar-refractivity contribution in [2.24, 2.45) is 0 Å². The molecule has 2 rings (SSSR count). The van der Waals surface area contributed by atoms with Gasteiger partial charge < -0.3 is 0 Å². The van der Waals surface area contributed by atoms with Crippen molar-refractivity contribution in [1.29, 1.82) is 0 Å². The normalized spacial score (nSPS) is 11.6. The highest BCUT2D eigenvalue weighted by molar-refractivity contribution is 9.11. The molecule has 0 unspecified atom stereocenters. The molecule has 2 heterocycles. The molecular weight excluding hydrogens is 336 g/mol. The number of pyridine rings is 1. The topological polar surface area (TPSA) is 59.1 Å². The number of nitrogens with one attached hydrogen (secondary N) is 1. The molecule has 0 saturated heterocycles. The molecule has 1 N–H and O–H groups in total. The van der Waals surface area contributed by atoms with Gasteiger partial charge in [0.2, 0.25) is 10.0 Å². The number of sulfonamides is 1. The zero-order valence-electron chi connectivity index (χ0n) is 9.34. The molecule has 0 amide bonds. The quantitative estimate of drug-likeness (QED) is 0.904. The van der Waals surface area contributed by atoms with Crippen LogP contribution in [0.3, 0.4) is 0 Å². The van der Waals surface area contributed by atoms with Crippen molar-refractivity contribution in [2.75, 3.05) is 6.54 Å². The lowest BCUT2D eigenvalue weighted by Gasteiger charge is -2.04. The van der Waals surface area contributed by atoms with Crippen LogP contribution in [0.5, 0.6) is 0 Å². The average Bonchev–Trinajstić information content (AvgIpc) is 2.78. The molecule has 7 heteroatoms. The molecule has 18 heavy (non-hydrogen) atoms. The summed E-state index contributed by atoms with van der Waals surface area (Å²) in [6.07, 6.45) is 4.05. The molecule has 0 spiro atoms. The number of nitrogens with zero attached hydrogens (tertiary/aromatic N) is 1. The molecule has 0 aliphatic rings. The second kappa shape index (κ2) is 5.92. The number of thiophene rings is 1. The Balaban J connectivity index is 1.94. The van der Waals surface area contributed by atoms with E-state index in [0.717, 1.165) is 9.35 Å². The van der Waals surface area contributed by atoms with Gasteiger partial charge in [-0.15, -0.1) is 11.3 Å². The van der Waals surface area contributed by atoms with Gasteiger partial charge in [-0.2, -0.15) is 0 Å². The fraction of sp³-hybridized carbons (Fsp3) is 0.182. The third kappa shape index (κ3) is 3.61. The van der Waals surface area contributed by atoms with E-state index in [0.29, 0.717) is 17.2 Å². The van der Waals surface area contributed by atoms with Crippen molar-refractivity contribution in [3.8, 4) is 0 Å².